The van der Waals surface area contributed by atoms with Crippen molar-refractivity contribution in [3.8, 4) is 5.75 Å². The van der Waals surface area contributed by atoms with E-state index >= 15 is 0 Å². The quantitative estimate of drug-likeness (QED) is 0.858. The minimum absolute atomic E-state index is 0.0410. The number of carboxylic acid groups (broad SMARTS) is 1. The molecule has 0 fully saturated rings. The Hall–Kier alpha value is -1.58. The molecule has 16 heavy (non-hydrogen) atoms. The van der Waals surface area contributed by atoms with Crippen LogP contribution in [-0.2, 0) is 4.79 Å². The van der Waals surface area contributed by atoms with Crippen LogP contribution < -0.4 is 4.74 Å². The van der Waals surface area contributed by atoms with Crippen LogP contribution >= 0.6 is 0 Å². The van der Waals surface area contributed by atoms with Crippen LogP contribution in [0.25, 0.3) is 0 Å². The van der Waals surface area contributed by atoms with Gasteiger partial charge in [-0.2, -0.15) is 0 Å². The molecule has 3 nitrogen and oxygen atoms in total. The number of benzene rings is 1. The minimum atomic E-state index is -0.904. The molecule has 1 N–H and O–H groups in total. The summed E-state index contributed by atoms with van der Waals surface area (Å²) >= 11 is 0. The molecule has 0 aliphatic rings. The highest BCUT2D eigenvalue weighted by atomic mass is 19.1. The summed E-state index contributed by atoms with van der Waals surface area (Å²) < 4.78 is 18.4. The maximum atomic E-state index is 13.5. The third kappa shape index (κ3) is 2.51. The molecule has 0 aliphatic heterocycles. The first-order chi connectivity index (χ1) is 7.47. The highest BCUT2D eigenvalue weighted by Gasteiger charge is 2.19. The normalized spacial score (nSPS) is 12.2. The number of aliphatic carboxylic acids is 1. The Morgan fingerprint density at radius 3 is 2.69 bits per heavy atom. The number of carboxylic acids is 1. The number of hydrogen-bond donors (Lipinski definition) is 1. The van der Waals surface area contributed by atoms with E-state index in [9.17, 15) is 9.18 Å². The zero-order valence-electron chi connectivity index (χ0n) is 9.58. The van der Waals surface area contributed by atoms with Crippen molar-refractivity contribution >= 4 is 5.97 Å². The molecule has 0 heterocycles. The molecule has 0 spiro atoms. The molecule has 0 radical (unpaired) electrons. The van der Waals surface area contributed by atoms with E-state index in [0.29, 0.717) is 5.56 Å². The molecule has 4 heteroatoms. The van der Waals surface area contributed by atoms with Gasteiger partial charge in [0.15, 0.2) is 11.6 Å². The van der Waals surface area contributed by atoms with Crippen LogP contribution in [0.1, 0.15) is 30.4 Å². The van der Waals surface area contributed by atoms with E-state index in [2.05, 4.69) is 0 Å². The van der Waals surface area contributed by atoms with Crippen LogP contribution in [0.3, 0.4) is 0 Å². The van der Waals surface area contributed by atoms with E-state index in [1.54, 1.807) is 13.0 Å². The van der Waals surface area contributed by atoms with Gasteiger partial charge in [-0.1, -0.05) is 13.0 Å². The number of aryl methyl sites for hydroxylation is 1. The molecular formula is C12H15FO3. The Balaban J connectivity index is 3.19. The van der Waals surface area contributed by atoms with Crippen LogP contribution in [0.4, 0.5) is 4.39 Å². The molecule has 1 aromatic carbocycles. The van der Waals surface area contributed by atoms with E-state index in [4.69, 9.17) is 9.84 Å². The van der Waals surface area contributed by atoms with Gasteiger partial charge >= 0.3 is 5.97 Å². The second-order valence-corrected chi connectivity index (χ2v) is 3.81. The Kier molecular flexibility index (Phi) is 3.88. The minimum Gasteiger partial charge on any atom is -0.493 e. The molecule has 1 aromatic rings. The van der Waals surface area contributed by atoms with Crippen molar-refractivity contribution in [2.75, 3.05) is 7.11 Å². The average Bonchev–Trinajstić information content (AvgIpc) is 2.19. The smallest absolute Gasteiger partial charge is 0.303 e. The maximum Gasteiger partial charge on any atom is 0.303 e. The van der Waals surface area contributed by atoms with Crippen molar-refractivity contribution in [2.24, 2.45) is 0 Å². The monoisotopic (exact) mass is 226 g/mol. The van der Waals surface area contributed by atoms with Gasteiger partial charge in [-0.15, -0.1) is 0 Å². The van der Waals surface area contributed by atoms with Crippen molar-refractivity contribution in [1.29, 1.82) is 0 Å². The predicted octanol–water partition coefficient (Wildman–Crippen LogP) is 2.72. The van der Waals surface area contributed by atoms with E-state index in [1.165, 1.54) is 13.2 Å². The summed E-state index contributed by atoms with van der Waals surface area (Å²) in [7, 11) is 1.38. The summed E-state index contributed by atoms with van der Waals surface area (Å²) in [6, 6.07) is 2.96. The van der Waals surface area contributed by atoms with Gasteiger partial charge in [0.05, 0.1) is 13.5 Å². The van der Waals surface area contributed by atoms with E-state index in [-0.39, 0.29) is 18.1 Å². The molecule has 0 aromatic heterocycles. The zero-order chi connectivity index (χ0) is 12.3. The highest BCUT2D eigenvalue weighted by molar-refractivity contribution is 5.68. The first kappa shape index (κ1) is 12.5. The number of carbonyl (C=O) groups is 1. The van der Waals surface area contributed by atoms with Gasteiger partial charge in [-0.05, 0) is 24.5 Å². The summed E-state index contributed by atoms with van der Waals surface area (Å²) in [4.78, 5) is 10.6. The molecule has 1 atom stereocenters. The van der Waals surface area contributed by atoms with Gasteiger partial charge in [0, 0.05) is 5.56 Å². The fourth-order valence-corrected chi connectivity index (χ4v) is 1.86. The summed E-state index contributed by atoms with van der Waals surface area (Å²) in [6.07, 6.45) is -0.0410. The Morgan fingerprint density at radius 2 is 2.19 bits per heavy atom. The Bertz CT molecular complexity index is 401. The highest BCUT2D eigenvalue weighted by Crippen LogP contribution is 2.33. The lowest BCUT2D eigenvalue weighted by molar-refractivity contribution is -0.137. The molecular weight excluding hydrogens is 211 g/mol. The summed E-state index contributed by atoms with van der Waals surface area (Å²) in [6.45, 7) is 3.56. The predicted molar refractivity (Wildman–Crippen MR) is 58.4 cm³/mol. The first-order valence-electron chi connectivity index (χ1n) is 5.02. The van der Waals surface area contributed by atoms with Crippen LogP contribution in [0.15, 0.2) is 12.1 Å². The van der Waals surface area contributed by atoms with Crippen molar-refractivity contribution in [3.63, 3.8) is 0 Å². The second kappa shape index (κ2) is 4.96. The number of ether oxygens (including phenoxy) is 1. The van der Waals surface area contributed by atoms with Gasteiger partial charge in [0.25, 0.3) is 0 Å². The van der Waals surface area contributed by atoms with Crippen molar-refractivity contribution in [2.45, 2.75) is 26.2 Å². The molecule has 88 valence electrons. The average molecular weight is 226 g/mol. The number of rotatable bonds is 4. The van der Waals surface area contributed by atoms with Gasteiger partial charge in [0.1, 0.15) is 0 Å². The van der Waals surface area contributed by atoms with Crippen LogP contribution in [0.2, 0.25) is 0 Å². The van der Waals surface area contributed by atoms with Gasteiger partial charge in [-0.3, -0.25) is 4.79 Å². The number of methoxy groups -OCH3 is 1. The van der Waals surface area contributed by atoms with Crippen molar-refractivity contribution in [3.05, 3.63) is 29.1 Å². The summed E-state index contributed by atoms with van der Waals surface area (Å²) in [5.74, 6) is -1.49. The van der Waals surface area contributed by atoms with E-state index in [0.717, 1.165) is 5.56 Å². The standard InChI is InChI=1S/C12H15FO3/c1-7-4-5-9(13)12(16-3)11(7)8(2)6-10(14)15/h4-5,8H,6H2,1-3H3,(H,14,15). The SMILES string of the molecule is COc1c(F)ccc(C)c1C(C)CC(=O)O. The van der Waals surface area contributed by atoms with Gasteiger partial charge in [-0.25, -0.2) is 4.39 Å². The molecule has 0 amide bonds. The maximum absolute atomic E-state index is 13.5. The number of hydrogen-bond acceptors (Lipinski definition) is 2. The lowest BCUT2D eigenvalue weighted by Crippen LogP contribution is -2.07. The fourth-order valence-electron chi connectivity index (χ4n) is 1.86. The van der Waals surface area contributed by atoms with Crippen LogP contribution in [0, 0.1) is 12.7 Å². The summed E-state index contributed by atoms with van der Waals surface area (Å²) in [5, 5.41) is 8.73. The molecule has 0 aliphatic carbocycles. The van der Waals surface area contributed by atoms with Gasteiger partial charge < -0.3 is 9.84 Å². The Labute approximate surface area is 93.9 Å². The molecule has 1 unspecified atom stereocenters. The van der Waals surface area contributed by atoms with E-state index in [1.807, 2.05) is 6.92 Å². The van der Waals surface area contributed by atoms with Crippen molar-refractivity contribution in [1.82, 2.24) is 0 Å². The lowest BCUT2D eigenvalue weighted by atomic mass is 9.92. The zero-order valence-corrected chi connectivity index (χ0v) is 9.58. The number of halogens is 1. The molecule has 1 rings (SSSR count). The molecule has 0 saturated heterocycles. The lowest BCUT2D eigenvalue weighted by Gasteiger charge is -2.17. The van der Waals surface area contributed by atoms with Crippen molar-refractivity contribution < 1.29 is 19.0 Å². The van der Waals surface area contributed by atoms with Gasteiger partial charge in [0.2, 0.25) is 0 Å². The Morgan fingerprint density at radius 1 is 1.56 bits per heavy atom. The fraction of sp³-hybridized carbons (Fsp3) is 0.417. The summed E-state index contributed by atoms with van der Waals surface area (Å²) in [5.41, 5.74) is 1.47. The molecule has 0 bridgehead atoms. The third-order valence-electron chi connectivity index (χ3n) is 2.54. The van der Waals surface area contributed by atoms with Crippen LogP contribution in [-0.4, -0.2) is 18.2 Å². The largest absolute Gasteiger partial charge is 0.493 e. The van der Waals surface area contributed by atoms with Crippen LogP contribution in [0.5, 0.6) is 5.75 Å². The topological polar surface area (TPSA) is 46.5 Å². The molecule has 0 saturated carbocycles. The first-order valence-corrected chi connectivity index (χ1v) is 5.02. The van der Waals surface area contributed by atoms with E-state index < -0.39 is 11.8 Å². The third-order valence-corrected chi connectivity index (χ3v) is 2.54. The second-order valence-electron chi connectivity index (χ2n) is 3.81.